The number of fused-ring (bicyclic) bond motifs is 1. The zero-order valence-electron chi connectivity index (χ0n) is 13.1. The quantitative estimate of drug-likeness (QED) is 0.893. The second kappa shape index (κ2) is 5.98. The monoisotopic (exact) mass is 314 g/mol. The standard InChI is InChI=1S/C18H22N2O3/c21-16-6-2-4-13(16)15-11-23-10-9-20(15)18(22)14-5-1-3-12-7-8-19-17(12)14/h1,3,5,7-8,13,15-16,19,21H,2,4,6,9-11H2. The van der Waals surface area contributed by atoms with Crippen LogP contribution in [0.4, 0.5) is 0 Å². The van der Waals surface area contributed by atoms with Crippen LogP contribution in [0.2, 0.25) is 0 Å². The topological polar surface area (TPSA) is 65.6 Å². The summed E-state index contributed by atoms with van der Waals surface area (Å²) in [5.74, 6) is 0.160. The van der Waals surface area contributed by atoms with Crippen LogP contribution in [0.1, 0.15) is 29.6 Å². The molecular weight excluding hydrogens is 292 g/mol. The molecule has 1 aromatic heterocycles. The van der Waals surface area contributed by atoms with E-state index in [4.69, 9.17) is 4.74 Å². The number of ether oxygens (including phenoxy) is 1. The predicted octanol–water partition coefficient (Wildman–Crippen LogP) is 2.17. The largest absolute Gasteiger partial charge is 0.393 e. The lowest BCUT2D eigenvalue weighted by Gasteiger charge is -2.40. The molecule has 2 aliphatic rings. The maximum atomic E-state index is 13.2. The van der Waals surface area contributed by atoms with Gasteiger partial charge in [-0.3, -0.25) is 4.79 Å². The predicted molar refractivity (Wildman–Crippen MR) is 87.3 cm³/mol. The number of rotatable bonds is 2. The maximum Gasteiger partial charge on any atom is 0.256 e. The van der Waals surface area contributed by atoms with Gasteiger partial charge in [0, 0.05) is 24.0 Å². The van der Waals surface area contributed by atoms with Gasteiger partial charge in [0.25, 0.3) is 5.91 Å². The minimum Gasteiger partial charge on any atom is -0.393 e. The Kier molecular flexibility index (Phi) is 3.83. The van der Waals surface area contributed by atoms with Gasteiger partial charge >= 0.3 is 0 Å². The number of hydrogen-bond donors (Lipinski definition) is 2. The summed E-state index contributed by atoms with van der Waals surface area (Å²) >= 11 is 0. The van der Waals surface area contributed by atoms with Crippen LogP contribution in [0.3, 0.4) is 0 Å². The highest BCUT2D eigenvalue weighted by atomic mass is 16.5. The van der Waals surface area contributed by atoms with E-state index in [0.717, 1.165) is 30.2 Å². The number of nitrogens with zero attached hydrogens (tertiary/aromatic N) is 1. The molecule has 0 bridgehead atoms. The number of amides is 1. The summed E-state index contributed by atoms with van der Waals surface area (Å²) in [5.41, 5.74) is 1.58. The van der Waals surface area contributed by atoms with Crippen molar-refractivity contribution < 1.29 is 14.6 Å². The highest BCUT2D eigenvalue weighted by Crippen LogP contribution is 2.33. The Labute approximate surface area is 135 Å². The first kappa shape index (κ1) is 14.7. The third-order valence-electron chi connectivity index (χ3n) is 5.27. The number of morpholine rings is 1. The van der Waals surface area contributed by atoms with Crippen LogP contribution in [-0.4, -0.2) is 52.8 Å². The van der Waals surface area contributed by atoms with Gasteiger partial charge in [0.2, 0.25) is 0 Å². The third kappa shape index (κ3) is 2.54. The van der Waals surface area contributed by atoms with Gasteiger partial charge in [0.15, 0.2) is 0 Å². The fourth-order valence-corrected chi connectivity index (χ4v) is 4.07. The molecule has 2 fully saturated rings. The molecule has 1 aliphatic carbocycles. The fourth-order valence-electron chi connectivity index (χ4n) is 4.07. The number of para-hydroxylation sites is 1. The smallest absolute Gasteiger partial charge is 0.256 e. The van der Waals surface area contributed by atoms with Crippen LogP contribution in [0.15, 0.2) is 30.5 Å². The molecule has 3 atom stereocenters. The Bertz CT molecular complexity index is 711. The number of carbonyl (C=O) groups is 1. The van der Waals surface area contributed by atoms with Gasteiger partial charge in [0.05, 0.1) is 36.4 Å². The summed E-state index contributed by atoms with van der Waals surface area (Å²) in [5, 5.41) is 11.3. The van der Waals surface area contributed by atoms with Crippen LogP contribution in [0.5, 0.6) is 0 Å². The summed E-state index contributed by atoms with van der Waals surface area (Å²) in [7, 11) is 0. The van der Waals surface area contributed by atoms with Gasteiger partial charge < -0.3 is 19.7 Å². The Balaban J connectivity index is 1.66. The SMILES string of the molecule is O=C(c1cccc2cc[nH]c12)N1CCOCC1C1CCCC1O. The highest BCUT2D eigenvalue weighted by molar-refractivity contribution is 6.05. The zero-order valence-corrected chi connectivity index (χ0v) is 13.1. The lowest BCUT2D eigenvalue weighted by molar-refractivity contribution is -0.0382. The molecule has 122 valence electrons. The van der Waals surface area contributed by atoms with Crippen molar-refractivity contribution in [3.63, 3.8) is 0 Å². The number of H-pyrrole nitrogens is 1. The molecule has 1 saturated heterocycles. The number of aromatic nitrogens is 1. The summed E-state index contributed by atoms with van der Waals surface area (Å²) in [4.78, 5) is 18.2. The average Bonchev–Trinajstić information content (AvgIpc) is 3.22. The Morgan fingerprint density at radius 3 is 3.04 bits per heavy atom. The van der Waals surface area contributed by atoms with Gasteiger partial charge in [-0.15, -0.1) is 0 Å². The van der Waals surface area contributed by atoms with Crippen LogP contribution >= 0.6 is 0 Å². The summed E-state index contributed by atoms with van der Waals surface area (Å²) in [6, 6.07) is 7.74. The summed E-state index contributed by atoms with van der Waals surface area (Å²) in [6.45, 7) is 1.67. The molecule has 23 heavy (non-hydrogen) atoms. The molecule has 3 unspecified atom stereocenters. The molecule has 1 aliphatic heterocycles. The molecule has 2 heterocycles. The van der Waals surface area contributed by atoms with Crippen molar-refractivity contribution in [1.29, 1.82) is 0 Å². The van der Waals surface area contributed by atoms with Crippen molar-refractivity contribution in [3.05, 3.63) is 36.0 Å². The second-order valence-electron chi connectivity index (χ2n) is 6.55. The van der Waals surface area contributed by atoms with Crippen molar-refractivity contribution in [2.75, 3.05) is 19.8 Å². The number of hydrogen-bond acceptors (Lipinski definition) is 3. The fraction of sp³-hybridized carbons (Fsp3) is 0.500. The maximum absolute atomic E-state index is 13.2. The summed E-state index contributed by atoms with van der Waals surface area (Å²) in [6.07, 6.45) is 4.36. The van der Waals surface area contributed by atoms with E-state index in [1.54, 1.807) is 0 Å². The van der Waals surface area contributed by atoms with Gasteiger partial charge in [-0.1, -0.05) is 18.6 Å². The molecular formula is C18H22N2O3. The van der Waals surface area contributed by atoms with Crippen molar-refractivity contribution in [1.82, 2.24) is 9.88 Å². The Morgan fingerprint density at radius 2 is 2.22 bits per heavy atom. The van der Waals surface area contributed by atoms with Crippen LogP contribution in [0.25, 0.3) is 10.9 Å². The van der Waals surface area contributed by atoms with Crippen LogP contribution < -0.4 is 0 Å². The lowest BCUT2D eigenvalue weighted by atomic mass is 9.93. The van der Waals surface area contributed by atoms with E-state index in [9.17, 15) is 9.90 Å². The minimum absolute atomic E-state index is 0.0287. The van der Waals surface area contributed by atoms with E-state index in [-0.39, 0.29) is 24.0 Å². The molecule has 2 N–H and O–H groups in total. The number of nitrogens with one attached hydrogen (secondary N) is 1. The average molecular weight is 314 g/mol. The number of aromatic amines is 1. The van der Waals surface area contributed by atoms with Crippen molar-refractivity contribution >= 4 is 16.8 Å². The van der Waals surface area contributed by atoms with Crippen molar-refractivity contribution in [2.24, 2.45) is 5.92 Å². The Morgan fingerprint density at radius 1 is 1.30 bits per heavy atom. The van der Waals surface area contributed by atoms with E-state index in [2.05, 4.69) is 4.98 Å². The normalized spacial score (nSPS) is 28.4. The van der Waals surface area contributed by atoms with E-state index < -0.39 is 0 Å². The number of benzene rings is 1. The van der Waals surface area contributed by atoms with Crippen molar-refractivity contribution in [2.45, 2.75) is 31.4 Å². The van der Waals surface area contributed by atoms with E-state index in [1.165, 1.54) is 0 Å². The molecule has 5 heteroatoms. The highest BCUT2D eigenvalue weighted by Gasteiger charge is 2.39. The van der Waals surface area contributed by atoms with Gasteiger partial charge in [-0.25, -0.2) is 0 Å². The Hall–Kier alpha value is -1.85. The zero-order chi connectivity index (χ0) is 15.8. The van der Waals surface area contributed by atoms with E-state index in [0.29, 0.717) is 25.3 Å². The van der Waals surface area contributed by atoms with Gasteiger partial charge in [-0.05, 0) is 25.0 Å². The lowest BCUT2D eigenvalue weighted by Crippen LogP contribution is -2.53. The summed E-state index contributed by atoms with van der Waals surface area (Å²) < 4.78 is 5.62. The molecule has 2 aromatic rings. The first-order valence-corrected chi connectivity index (χ1v) is 8.38. The molecule has 5 nitrogen and oxygen atoms in total. The molecule has 4 rings (SSSR count). The van der Waals surface area contributed by atoms with Crippen LogP contribution in [-0.2, 0) is 4.74 Å². The number of carbonyl (C=O) groups excluding carboxylic acids is 1. The number of aliphatic hydroxyl groups is 1. The van der Waals surface area contributed by atoms with Gasteiger partial charge in [0.1, 0.15) is 0 Å². The number of aliphatic hydroxyl groups excluding tert-OH is 1. The third-order valence-corrected chi connectivity index (χ3v) is 5.27. The first-order valence-electron chi connectivity index (χ1n) is 8.38. The van der Waals surface area contributed by atoms with Crippen molar-refractivity contribution in [3.8, 4) is 0 Å². The molecule has 1 aromatic carbocycles. The molecule has 1 saturated carbocycles. The second-order valence-corrected chi connectivity index (χ2v) is 6.55. The molecule has 0 radical (unpaired) electrons. The first-order chi connectivity index (χ1) is 11.3. The molecule has 0 spiro atoms. The van der Waals surface area contributed by atoms with Crippen LogP contribution in [0, 0.1) is 5.92 Å². The van der Waals surface area contributed by atoms with E-state index >= 15 is 0 Å². The van der Waals surface area contributed by atoms with Gasteiger partial charge in [-0.2, -0.15) is 0 Å². The molecule has 1 amide bonds. The van der Waals surface area contributed by atoms with E-state index in [1.807, 2.05) is 35.4 Å². The minimum atomic E-state index is -0.321.